The largest absolute Gasteiger partial charge is 0.545 e. The zero-order valence-electron chi connectivity index (χ0n) is 12.7. The number of pyridine rings is 1. The van der Waals surface area contributed by atoms with Gasteiger partial charge in [0.2, 0.25) is 0 Å². The van der Waals surface area contributed by atoms with Crippen molar-refractivity contribution in [3.8, 4) is 0 Å². The number of nitrogens with zero attached hydrogens (tertiary/aromatic N) is 1. The second kappa shape index (κ2) is 6.00. The van der Waals surface area contributed by atoms with Gasteiger partial charge in [0.05, 0.1) is 17.5 Å². The molecule has 0 spiro atoms. The van der Waals surface area contributed by atoms with Crippen molar-refractivity contribution in [2.45, 2.75) is 6.92 Å². The van der Waals surface area contributed by atoms with Crippen LogP contribution in [-0.4, -0.2) is 16.9 Å². The van der Waals surface area contributed by atoms with Gasteiger partial charge in [-0.05, 0) is 48.4 Å². The van der Waals surface area contributed by atoms with Crippen LogP contribution in [0.4, 0.5) is 11.4 Å². The summed E-state index contributed by atoms with van der Waals surface area (Å²) in [6, 6.07) is 12.4. The Morgan fingerprint density at radius 2 is 1.54 bits per heavy atom. The number of carboxylic acids is 2. The molecular formula is C18H12N2O4-2. The van der Waals surface area contributed by atoms with Gasteiger partial charge in [-0.15, -0.1) is 0 Å². The number of hydrogen-bond acceptors (Lipinski definition) is 6. The zero-order valence-corrected chi connectivity index (χ0v) is 12.7. The first-order chi connectivity index (χ1) is 11.4. The van der Waals surface area contributed by atoms with Crippen molar-refractivity contribution < 1.29 is 19.8 Å². The Kier molecular flexibility index (Phi) is 3.87. The zero-order chi connectivity index (χ0) is 17.3. The van der Waals surface area contributed by atoms with Crippen molar-refractivity contribution in [1.82, 2.24) is 4.98 Å². The van der Waals surface area contributed by atoms with E-state index in [0.717, 1.165) is 5.69 Å². The molecule has 0 aliphatic rings. The maximum atomic E-state index is 11.1. The van der Waals surface area contributed by atoms with Crippen molar-refractivity contribution in [1.29, 1.82) is 0 Å². The van der Waals surface area contributed by atoms with Crippen LogP contribution in [0.25, 0.3) is 10.9 Å². The van der Waals surface area contributed by atoms with E-state index < -0.39 is 11.9 Å². The number of fused-ring (bicyclic) bond motifs is 1. The number of nitrogens with one attached hydrogen (secondary N) is 1. The molecule has 0 aliphatic heterocycles. The minimum atomic E-state index is -1.26. The molecule has 3 rings (SSSR count). The molecule has 2 aromatic carbocycles. The molecule has 0 amide bonds. The van der Waals surface area contributed by atoms with E-state index in [0.29, 0.717) is 22.3 Å². The number of carboxylic acid groups (broad SMARTS) is 2. The molecule has 3 aromatic rings. The molecule has 0 atom stereocenters. The van der Waals surface area contributed by atoms with Gasteiger partial charge in [-0.3, -0.25) is 4.98 Å². The summed E-state index contributed by atoms with van der Waals surface area (Å²) in [6.07, 6.45) is 0. The fourth-order valence-electron chi connectivity index (χ4n) is 2.43. The highest BCUT2D eigenvalue weighted by atomic mass is 16.4. The van der Waals surface area contributed by atoms with Gasteiger partial charge in [-0.25, -0.2) is 0 Å². The molecular weight excluding hydrogens is 308 g/mol. The Morgan fingerprint density at radius 1 is 0.917 bits per heavy atom. The lowest BCUT2D eigenvalue weighted by Crippen LogP contribution is -2.22. The molecule has 0 fully saturated rings. The summed E-state index contributed by atoms with van der Waals surface area (Å²) in [7, 11) is 0. The Balaban J connectivity index is 2.05. The molecule has 24 heavy (non-hydrogen) atoms. The van der Waals surface area contributed by atoms with Crippen LogP contribution in [0, 0.1) is 6.92 Å². The van der Waals surface area contributed by atoms with Gasteiger partial charge < -0.3 is 25.1 Å². The summed E-state index contributed by atoms with van der Waals surface area (Å²) in [4.78, 5) is 26.2. The van der Waals surface area contributed by atoms with Crippen LogP contribution in [0.15, 0.2) is 48.5 Å². The van der Waals surface area contributed by atoms with E-state index in [-0.39, 0.29) is 11.1 Å². The number of aromatic nitrogens is 1. The molecule has 1 heterocycles. The molecule has 6 nitrogen and oxygen atoms in total. The van der Waals surface area contributed by atoms with Crippen molar-refractivity contribution in [3.05, 3.63) is 65.4 Å². The van der Waals surface area contributed by atoms with Crippen molar-refractivity contribution in [3.63, 3.8) is 0 Å². The summed E-state index contributed by atoms with van der Waals surface area (Å²) >= 11 is 0. The molecule has 120 valence electrons. The number of carbonyl (C=O) groups excluding carboxylic acids is 2. The van der Waals surface area contributed by atoms with Crippen LogP contribution < -0.4 is 15.5 Å². The second-order valence-corrected chi connectivity index (χ2v) is 5.32. The van der Waals surface area contributed by atoms with Gasteiger partial charge in [0.15, 0.2) is 0 Å². The molecule has 0 bridgehead atoms. The van der Waals surface area contributed by atoms with Crippen LogP contribution in [-0.2, 0) is 0 Å². The second-order valence-electron chi connectivity index (χ2n) is 5.32. The number of aromatic carboxylic acids is 2. The Labute approximate surface area is 137 Å². The maximum Gasteiger partial charge on any atom is 0.0726 e. The SMILES string of the molecule is Cc1cc(Nc2ccc(C(=O)[O-])cc2)c2cc(C(=O)[O-])ccc2n1. The lowest BCUT2D eigenvalue weighted by atomic mass is 10.1. The number of aryl methyl sites for hydroxylation is 1. The molecule has 1 N–H and O–H groups in total. The maximum absolute atomic E-state index is 11.1. The fourth-order valence-corrected chi connectivity index (χ4v) is 2.43. The summed E-state index contributed by atoms with van der Waals surface area (Å²) in [5, 5.41) is 25.6. The van der Waals surface area contributed by atoms with Gasteiger partial charge in [-0.2, -0.15) is 0 Å². The third kappa shape index (κ3) is 3.03. The first kappa shape index (κ1) is 15.5. The van der Waals surface area contributed by atoms with Gasteiger partial charge in [0, 0.05) is 22.5 Å². The highest BCUT2D eigenvalue weighted by molar-refractivity contribution is 5.98. The highest BCUT2D eigenvalue weighted by Crippen LogP contribution is 2.27. The van der Waals surface area contributed by atoms with Gasteiger partial charge in [0.25, 0.3) is 0 Å². The Hall–Kier alpha value is -3.41. The van der Waals surface area contributed by atoms with E-state index >= 15 is 0 Å². The van der Waals surface area contributed by atoms with Crippen molar-refractivity contribution in [2.75, 3.05) is 5.32 Å². The Bertz CT molecular complexity index is 949. The fraction of sp³-hybridized carbons (Fsp3) is 0.0556. The molecule has 0 saturated heterocycles. The average Bonchev–Trinajstić information content (AvgIpc) is 2.54. The van der Waals surface area contributed by atoms with Crippen LogP contribution in [0.1, 0.15) is 26.4 Å². The third-order valence-electron chi connectivity index (χ3n) is 3.57. The number of hydrogen-bond donors (Lipinski definition) is 1. The van der Waals surface area contributed by atoms with Crippen LogP contribution in [0.2, 0.25) is 0 Å². The average molecular weight is 320 g/mol. The van der Waals surface area contributed by atoms with E-state index in [1.807, 2.05) is 6.92 Å². The van der Waals surface area contributed by atoms with E-state index in [2.05, 4.69) is 10.3 Å². The van der Waals surface area contributed by atoms with E-state index in [9.17, 15) is 19.8 Å². The van der Waals surface area contributed by atoms with Crippen LogP contribution >= 0.6 is 0 Å². The van der Waals surface area contributed by atoms with Crippen molar-refractivity contribution >= 4 is 34.2 Å². The molecule has 1 aromatic heterocycles. The van der Waals surface area contributed by atoms with E-state index in [1.54, 1.807) is 24.3 Å². The predicted molar refractivity (Wildman–Crippen MR) is 84.9 cm³/mol. The smallest absolute Gasteiger partial charge is 0.0726 e. The molecule has 6 heteroatoms. The summed E-state index contributed by atoms with van der Waals surface area (Å²) in [5.74, 6) is -2.51. The normalized spacial score (nSPS) is 10.5. The molecule has 0 unspecified atom stereocenters. The number of carbonyl (C=O) groups is 2. The lowest BCUT2D eigenvalue weighted by Gasteiger charge is -2.13. The first-order valence-electron chi connectivity index (χ1n) is 7.15. The van der Waals surface area contributed by atoms with Gasteiger partial charge >= 0.3 is 0 Å². The number of anilines is 2. The highest BCUT2D eigenvalue weighted by Gasteiger charge is 2.07. The topological polar surface area (TPSA) is 105 Å². The summed E-state index contributed by atoms with van der Waals surface area (Å²) < 4.78 is 0. The molecule has 0 aliphatic carbocycles. The molecule has 0 saturated carbocycles. The summed E-state index contributed by atoms with van der Waals surface area (Å²) in [6.45, 7) is 1.83. The number of benzene rings is 2. The lowest BCUT2D eigenvalue weighted by molar-refractivity contribution is -0.256. The minimum absolute atomic E-state index is 0.0588. The van der Waals surface area contributed by atoms with Crippen LogP contribution in [0.3, 0.4) is 0 Å². The summed E-state index contributed by atoms with van der Waals surface area (Å²) in [5.41, 5.74) is 2.87. The third-order valence-corrected chi connectivity index (χ3v) is 3.57. The quantitative estimate of drug-likeness (QED) is 0.769. The minimum Gasteiger partial charge on any atom is -0.545 e. The van der Waals surface area contributed by atoms with E-state index in [1.165, 1.54) is 24.3 Å². The monoisotopic (exact) mass is 320 g/mol. The van der Waals surface area contributed by atoms with Gasteiger partial charge in [-0.1, -0.05) is 18.2 Å². The van der Waals surface area contributed by atoms with Crippen molar-refractivity contribution in [2.24, 2.45) is 0 Å². The van der Waals surface area contributed by atoms with Crippen LogP contribution in [0.5, 0.6) is 0 Å². The molecule has 0 radical (unpaired) electrons. The Morgan fingerprint density at radius 3 is 2.17 bits per heavy atom. The standard InChI is InChI=1S/C18H14N2O4/c1-10-8-16(20-13-5-2-11(3-6-13)17(21)22)14-9-12(18(23)24)4-7-15(14)19-10/h2-9H,1H3,(H,19,20)(H,21,22)(H,23,24)/p-2. The number of rotatable bonds is 4. The predicted octanol–water partition coefficient (Wildman–Crippen LogP) is 1.01. The van der Waals surface area contributed by atoms with E-state index in [4.69, 9.17) is 0 Å². The first-order valence-corrected chi connectivity index (χ1v) is 7.15. The van der Waals surface area contributed by atoms with Gasteiger partial charge in [0.1, 0.15) is 0 Å².